The Balaban J connectivity index is 1.61. The molecular formula is C21H29N3OS2. The highest BCUT2D eigenvalue weighted by molar-refractivity contribution is 7.80. The van der Waals surface area contributed by atoms with Gasteiger partial charge in [0.2, 0.25) is 0 Å². The number of ether oxygens (including phenoxy) is 1. The number of nitrogens with one attached hydrogen (secondary N) is 1. The maximum atomic E-state index is 5.79. The lowest BCUT2D eigenvalue weighted by atomic mass is 10.1. The number of hydrogen-bond donors (Lipinski definition) is 1. The monoisotopic (exact) mass is 403 g/mol. The minimum Gasteiger partial charge on any atom is -0.379 e. The molecule has 0 aliphatic carbocycles. The molecule has 0 unspecified atom stereocenters. The van der Waals surface area contributed by atoms with Gasteiger partial charge in [-0.05, 0) is 61.1 Å². The second kappa shape index (κ2) is 10.2. The number of benzene rings is 1. The van der Waals surface area contributed by atoms with Crippen LogP contribution in [0, 0.1) is 13.8 Å². The summed E-state index contributed by atoms with van der Waals surface area (Å²) in [4.78, 5) is 6.11. The average Bonchev–Trinajstić information content (AvgIpc) is 3.18. The minimum atomic E-state index is 0.805. The molecule has 27 heavy (non-hydrogen) atoms. The van der Waals surface area contributed by atoms with Gasteiger partial charge >= 0.3 is 0 Å². The van der Waals surface area contributed by atoms with Crippen molar-refractivity contribution < 1.29 is 4.74 Å². The van der Waals surface area contributed by atoms with E-state index in [-0.39, 0.29) is 0 Å². The van der Waals surface area contributed by atoms with Crippen molar-refractivity contribution >= 4 is 34.4 Å². The number of aryl methyl sites for hydroxylation is 2. The normalized spacial score (nSPS) is 14.9. The molecule has 1 aliphatic heterocycles. The second-order valence-corrected chi connectivity index (χ2v) is 8.48. The highest BCUT2D eigenvalue weighted by atomic mass is 32.1. The fraction of sp³-hybridized carbons (Fsp3) is 0.476. The fourth-order valence-corrected chi connectivity index (χ4v) is 4.20. The average molecular weight is 404 g/mol. The lowest BCUT2D eigenvalue weighted by molar-refractivity contribution is 0.0368. The molecule has 2 aromatic rings. The van der Waals surface area contributed by atoms with E-state index in [2.05, 4.69) is 64.7 Å². The predicted molar refractivity (Wildman–Crippen MR) is 119 cm³/mol. The summed E-state index contributed by atoms with van der Waals surface area (Å²) in [5, 5.41) is 6.41. The minimum absolute atomic E-state index is 0.805. The van der Waals surface area contributed by atoms with E-state index in [0.717, 1.165) is 63.2 Å². The molecule has 6 heteroatoms. The van der Waals surface area contributed by atoms with Crippen LogP contribution in [0.1, 0.15) is 22.4 Å². The van der Waals surface area contributed by atoms with Gasteiger partial charge in [0.05, 0.1) is 19.8 Å². The quantitative estimate of drug-likeness (QED) is 0.697. The van der Waals surface area contributed by atoms with Gasteiger partial charge in [0.25, 0.3) is 0 Å². The molecule has 0 saturated carbocycles. The van der Waals surface area contributed by atoms with E-state index in [1.165, 1.54) is 16.0 Å². The van der Waals surface area contributed by atoms with Crippen molar-refractivity contribution in [1.29, 1.82) is 0 Å². The summed E-state index contributed by atoms with van der Waals surface area (Å²) < 4.78 is 5.44. The molecule has 0 atom stereocenters. The van der Waals surface area contributed by atoms with E-state index >= 15 is 0 Å². The Bertz CT molecular complexity index is 727. The molecule has 0 radical (unpaired) electrons. The van der Waals surface area contributed by atoms with Crippen LogP contribution in [0.15, 0.2) is 35.7 Å². The van der Waals surface area contributed by atoms with Crippen molar-refractivity contribution in [3.63, 3.8) is 0 Å². The van der Waals surface area contributed by atoms with Crippen LogP contribution in [-0.4, -0.2) is 54.3 Å². The lowest BCUT2D eigenvalue weighted by Crippen LogP contribution is -2.40. The highest BCUT2D eigenvalue weighted by Crippen LogP contribution is 2.19. The zero-order chi connectivity index (χ0) is 19.1. The Hall–Kier alpha value is -1.47. The lowest BCUT2D eigenvalue weighted by Gasteiger charge is -2.29. The molecule has 2 heterocycles. The van der Waals surface area contributed by atoms with Gasteiger partial charge in [-0.3, -0.25) is 4.90 Å². The van der Waals surface area contributed by atoms with E-state index < -0.39 is 0 Å². The Kier molecular flexibility index (Phi) is 7.64. The standard InChI is InChI=1S/C21H29N3OS2/c1-17-6-7-18(2)20(15-17)22-21(26)24(16-19-5-3-14-27-19)9-4-8-23-10-12-25-13-11-23/h3,5-7,14-15H,4,8-13,16H2,1-2H3,(H,22,26). The molecule has 1 saturated heterocycles. The van der Waals surface area contributed by atoms with Crippen molar-refractivity contribution in [3.8, 4) is 0 Å². The molecule has 4 nitrogen and oxygen atoms in total. The van der Waals surface area contributed by atoms with Crippen LogP contribution in [0.4, 0.5) is 5.69 Å². The van der Waals surface area contributed by atoms with Crippen molar-refractivity contribution in [3.05, 3.63) is 51.7 Å². The Morgan fingerprint density at radius 2 is 2.07 bits per heavy atom. The largest absolute Gasteiger partial charge is 0.379 e. The van der Waals surface area contributed by atoms with E-state index in [1.54, 1.807) is 11.3 Å². The maximum Gasteiger partial charge on any atom is 0.173 e. The first-order valence-corrected chi connectivity index (χ1v) is 10.9. The zero-order valence-electron chi connectivity index (χ0n) is 16.2. The number of hydrogen-bond acceptors (Lipinski definition) is 4. The number of thiophene rings is 1. The van der Waals surface area contributed by atoms with Crippen molar-refractivity contribution in [1.82, 2.24) is 9.80 Å². The summed E-state index contributed by atoms with van der Waals surface area (Å²) in [5.41, 5.74) is 3.56. The molecule has 1 aromatic carbocycles. The van der Waals surface area contributed by atoms with Crippen LogP contribution in [0.2, 0.25) is 0 Å². The zero-order valence-corrected chi connectivity index (χ0v) is 17.9. The molecular weight excluding hydrogens is 374 g/mol. The van der Waals surface area contributed by atoms with Crippen molar-refractivity contribution in [2.75, 3.05) is 44.7 Å². The maximum absolute atomic E-state index is 5.79. The molecule has 3 rings (SSSR count). The number of morpholine rings is 1. The van der Waals surface area contributed by atoms with Crippen LogP contribution in [0.25, 0.3) is 0 Å². The predicted octanol–water partition coefficient (Wildman–Crippen LogP) is 4.29. The number of anilines is 1. The van der Waals surface area contributed by atoms with E-state index in [0.29, 0.717) is 0 Å². The molecule has 1 aromatic heterocycles. The van der Waals surface area contributed by atoms with Gasteiger partial charge in [-0.1, -0.05) is 18.2 Å². The molecule has 1 N–H and O–H groups in total. The SMILES string of the molecule is Cc1ccc(C)c(NC(=S)N(CCCN2CCOCC2)Cc2cccs2)c1. The Labute approximate surface area is 172 Å². The van der Waals surface area contributed by atoms with Crippen LogP contribution >= 0.6 is 23.6 Å². The third kappa shape index (κ3) is 6.28. The van der Waals surface area contributed by atoms with E-state index in [9.17, 15) is 0 Å². The van der Waals surface area contributed by atoms with Gasteiger partial charge in [-0.2, -0.15) is 0 Å². The number of nitrogens with zero attached hydrogens (tertiary/aromatic N) is 2. The smallest absolute Gasteiger partial charge is 0.173 e. The van der Waals surface area contributed by atoms with Gasteiger partial charge < -0.3 is 15.0 Å². The fourth-order valence-electron chi connectivity index (χ4n) is 3.22. The first-order chi connectivity index (χ1) is 13.1. The van der Waals surface area contributed by atoms with Crippen LogP contribution in [0.5, 0.6) is 0 Å². The molecule has 146 valence electrons. The Morgan fingerprint density at radius 3 is 2.81 bits per heavy atom. The summed E-state index contributed by atoms with van der Waals surface area (Å²) in [6, 6.07) is 10.7. The Morgan fingerprint density at radius 1 is 1.26 bits per heavy atom. The van der Waals surface area contributed by atoms with Gasteiger partial charge in [-0.25, -0.2) is 0 Å². The summed E-state index contributed by atoms with van der Waals surface area (Å²) in [5.74, 6) is 0. The van der Waals surface area contributed by atoms with Gasteiger partial charge in [0.1, 0.15) is 0 Å². The molecule has 0 bridgehead atoms. The highest BCUT2D eigenvalue weighted by Gasteiger charge is 2.14. The first-order valence-electron chi connectivity index (χ1n) is 9.57. The van der Waals surface area contributed by atoms with Gasteiger partial charge in [-0.15, -0.1) is 11.3 Å². The first kappa shape index (κ1) is 20.3. The molecule has 1 fully saturated rings. The second-order valence-electron chi connectivity index (χ2n) is 7.06. The van der Waals surface area contributed by atoms with Crippen LogP contribution in [0.3, 0.4) is 0 Å². The van der Waals surface area contributed by atoms with Gasteiger partial charge in [0, 0.05) is 36.7 Å². The van der Waals surface area contributed by atoms with Gasteiger partial charge in [0.15, 0.2) is 5.11 Å². The topological polar surface area (TPSA) is 27.7 Å². The summed E-state index contributed by atoms with van der Waals surface area (Å²) in [6.45, 7) is 10.9. The molecule has 1 aliphatic rings. The molecule has 0 amide bonds. The van der Waals surface area contributed by atoms with E-state index in [4.69, 9.17) is 17.0 Å². The van der Waals surface area contributed by atoms with Crippen LogP contribution in [-0.2, 0) is 11.3 Å². The van der Waals surface area contributed by atoms with Crippen molar-refractivity contribution in [2.24, 2.45) is 0 Å². The third-order valence-electron chi connectivity index (χ3n) is 4.85. The molecule has 0 spiro atoms. The summed E-state index contributed by atoms with van der Waals surface area (Å²) in [7, 11) is 0. The summed E-state index contributed by atoms with van der Waals surface area (Å²) in [6.07, 6.45) is 1.10. The summed E-state index contributed by atoms with van der Waals surface area (Å²) >= 11 is 7.58. The van der Waals surface area contributed by atoms with E-state index in [1.807, 2.05) is 0 Å². The van der Waals surface area contributed by atoms with Crippen LogP contribution < -0.4 is 5.32 Å². The number of rotatable bonds is 7. The number of thiocarbonyl (C=S) groups is 1. The van der Waals surface area contributed by atoms with Crippen molar-refractivity contribution in [2.45, 2.75) is 26.8 Å². The third-order valence-corrected chi connectivity index (χ3v) is 6.08.